The van der Waals surface area contributed by atoms with Crippen molar-refractivity contribution in [1.82, 2.24) is 0 Å². The van der Waals surface area contributed by atoms with Crippen molar-refractivity contribution in [2.24, 2.45) is 5.92 Å². The Balaban J connectivity index is 1.96. The second kappa shape index (κ2) is 7.46. The van der Waals surface area contributed by atoms with Gasteiger partial charge in [0.2, 0.25) is 0 Å². The summed E-state index contributed by atoms with van der Waals surface area (Å²) in [6.07, 6.45) is 0. The molecule has 112 valence electrons. The van der Waals surface area contributed by atoms with Gasteiger partial charge in [0.1, 0.15) is 11.6 Å². The second-order valence-corrected chi connectivity index (χ2v) is 6.19. The fourth-order valence-electron chi connectivity index (χ4n) is 1.81. The molecule has 0 fully saturated rings. The molecule has 0 saturated carbocycles. The van der Waals surface area contributed by atoms with E-state index in [-0.39, 0.29) is 5.82 Å². The van der Waals surface area contributed by atoms with Gasteiger partial charge >= 0.3 is 0 Å². The summed E-state index contributed by atoms with van der Waals surface area (Å²) in [7, 11) is 0. The summed E-state index contributed by atoms with van der Waals surface area (Å²) in [5, 5.41) is 3.31. The van der Waals surface area contributed by atoms with Crippen molar-refractivity contribution < 1.29 is 9.13 Å². The van der Waals surface area contributed by atoms with E-state index in [1.807, 2.05) is 24.3 Å². The molecule has 0 saturated heterocycles. The van der Waals surface area contributed by atoms with E-state index in [9.17, 15) is 4.39 Å². The Kier molecular flexibility index (Phi) is 5.62. The van der Waals surface area contributed by atoms with Crippen molar-refractivity contribution in [2.45, 2.75) is 20.4 Å². The van der Waals surface area contributed by atoms with Crippen molar-refractivity contribution in [3.05, 3.63) is 58.3 Å². The fourth-order valence-corrected chi connectivity index (χ4v) is 2.24. The predicted octanol–water partition coefficient (Wildman–Crippen LogP) is 5.24. The van der Waals surface area contributed by atoms with E-state index < -0.39 is 0 Å². The summed E-state index contributed by atoms with van der Waals surface area (Å²) in [5.41, 5.74) is 1.99. The van der Waals surface area contributed by atoms with Crippen LogP contribution in [0.5, 0.6) is 5.75 Å². The van der Waals surface area contributed by atoms with E-state index in [0.29, 0.717) is 23.5 Å². The lowest BCUT2D eigenvalue weighted by Crippen LogP contribution is -2.05. The number of rotatable bonds is 6. The molecule has 21 heavy (non-hydrogen) atoms. The van der Waals surface area contributed by atoms with Crippen LogP contribution in [0.3, 0.4) is 0 Å². The third kappa shape index (κ3) is 5.05. The minimum atomic E-state index is -0.247. The normalized spacial score (nSPS) is 10.7. The van der Waals surface area contributed by atoms with Crippen molar-refractivity contribution in [3.63, 3.8) is 0 Å². The highest BCUT2D eigenvalue weighted by atomic mass is 79.9. The van der Waals surface area contributed by atoms with Gasteiger partial charge in [-0.15, -0.1) is 0 Å². The monoisotopic (exact) mass is 351 g/mol. The van der Waals surface area contributed by atoms with Crippen LogP contribution in [0.1, 0.15) is 19.4 Å². The molecule has 2 aromatic carbocycles. The van der Waals surface area contributed by atoms with Gasteiger partial charge in [-0.1, -0.05) is 26.0 Å². The van der Waals surface area contributed by atoms with Crippen LogP contribution in [-0.2, 0) is 6.54 Å². The number of nitrogens with one attached hydrogen (secondary N) is 1. The van der Waals surface area contributed by atoms with Gasteiger partial charge in [-0.05, 0) is 51.7 Å². The lowest BCUT2D eigenvalue weighted by Gasteiger charge is -2.11. The molecule has 0 heterocycles. The molecule has 0 aliphatic carbocycles. The quantitative estimate of drug-likeness (QED) is 0.768. The topological polar surface area (TPSA) is 21.3 Å². The van der Waals surface area contributed by atoms with Gasteiger partial charge in [0, 0.05) is 18.3 Å². The number of hydrogen-bond acceptors (Lipinski definition) is 2. The highest BCUT2D eigenvalue weighted by molar-refractivity contribution is 9.10. The highest BCUT2D eigenvalue weighted by Gasteiger charge is 2.02. The average Bonchev–Trinajstić information content (AvgIpc) is 2.47. The SMILES string of the molecule is CC(C)COc1cccc(NCc2ccc(F)c(Br)c2)c1. The zero-order valence-corrected chi connectivity index (χ0v) is 13.8. The van der Waals surface area contributed by atoms with Gasteiger partial charge in [-0.25, -0.2) is 4.39 Å². The highest BCUT2D eigenvalue weighted by Crippen LogP contribution is 2.20. The molecule has 0 spiro atoms. The Morgan fingerprint density at radius 3 is 2.71 bits per heavy atom. The van der Waals surface area contributed by atoms with Gasteiger partial charge in [-0.3, -0.25) is 0 Å². The Bertz CT molecular complexity index is 601. The Labute approximate surface area is 133 Å². The third-order valence-corrected chi connectivity index (χ3v) is 3.51. The van der Waals surface area contributed by atoms with E-state index >= 15 is 0 Å². The smallest absolute Gasteiger partial charge is 0.137 e. The number of anilines is 1. The molecule has 0 unspecified atom stereocenters. The summed E-state index contributed by atoms with van der Waals surface area (Å²) in [4.78, 5) is 0. The lowest BCUT2D eigenvalue weighted by atomic mass is 10.2. The van der Waals surface area contributed by atoms with E-state index in [4.69, 9.17) is 4.74 Å². The molecule has 4 heteroatoms. The van der Waals surface area contributed by atoms with Gasteiger partial charge in [-0.2, -0.15) is 0 Å². The van der Waals surface area contributed by atoms with Crippen LogP contribution in [0.25, 0.3) is 0 Å². The maximum Gasteiger partial charge on any atom is 0.137 e. The molecule has 2 rings (SSSR count). The summed E-state index contributed by atoms with van der Waals surface area (Å²) < 4.78 is 19.4. The molecule has 0 amide bonds. The predicted molar refractivity (Wildman–Crippen MR) is 88.2 cm³/mol. The van der Waals surface area contributed by atoms with E-state index in [0.717, 1.165) is 17.0 Å². The maximum absolute atomic E-state index is 13.2. The van der Waals surface area contributed by atoms with Crippen LogP contribution in [-0.4, -0.2) is 6.61 Å². The molecular weight excluding hydrogens is 333 g/mol. The van der Waals surface area contributed by atoms with Crippen LogP contribution < -0.4 is 10.1 Å². The molecule has 1 N–H and O–H groups in total. The van der Waals surface area contributed by atoms with Crippen molar-refractivity contribution in [3.8, 4) is 5.75 Å². The van der Waals surface area contributed by atoms with Crippen LogP contribution in [0.2, 0.25) is 0 Å². The minimum absolute atomic E-state index is 0.247. The first-order valence-corrected chi connectivity index (χ1v) is 7.74. The van der Waals surface area contributed by atoms with Crippen molar-refractivity contribution in [2.75, 3.05) is 11.9 Å². The Hall–Kier alpha value is -1.55. The third-order valence-electron chi connectivity index (χ3n) is 2.90. The molecule has 0 atom stereocenters. The second-order valence-electron chi connectivity index (χ2n) is 5.33. The molecule has 0 radical (unpaired) electrons. The molecule has 2 nitrogen and oxygen atoms in total. The summed E-state index contributed by atoms with van der Waals surface area (Å²) in [6, 6.07) is 12.9. The first-order valence-electron chi connectivity index (χ1n) is 6.95. The van der Waals surface area contributed by atoms with Gasteiger partial charge < -0.3 is 10.1 Å². The lowest BCUT2D eigenvalue weighted by molar-refractivity contribution is 0.271. The zero-order chi connectivity index (χ0) is 15.2. The van der Waals surface area contributed by atoms with E-state index in [2.05, 4.69) is 35.1 Å². The Morgan fingerprint density at radius 1 is 1.19 bits per heavy atom. The van der Waals surface area contributed by atoms with E-state index in [1.54, 1.807) is 12.1 Å². The molecule has 0 aliphatic heterocycles. The first kappa shape index (κ1) is 15.8. The van der Waals surface area contributed by atoms with E-state index in [1.165, 1.54) is 6.07 Å². The molecule has 0 aliphatic rings. The van der Waals surface area contributed by atoms with Crippen LogP contribution in [0, 0.1) is 11.7 Å². The number of halogens is 2. The van der Waals surface area contributed by atoms with Gasteiger partial charge in [0.05, 0.1) is 11.1 Å². The number of hydrogen-bond donors (Lipinski definition) is 1. The summed E-state index contributed by atoms with van der Waals surface area (Å²) >= 11 is 3.20. The summed E-state index contributed by atoms with van der Waals surface area (Å²) in [6.45, 7) is 5.57. The van der Waals surface area contributed by atoms with Gasteiger partial charge in [0.25, 0.3) is 0 Å². The first-order chi connectivity index (χ1) is 10.0. The molecule has 0 aromatic heterocycles. The average molecular weight is 352 g/mol. The maximum atomic E-state index is 13.2. The fraction of sp³-hybridized carbons (Fsp3) is 0.294. The van der Waals surface area contributed by atoms with Crippen molar-refractivity contribution in [1.29, 1.82) is 0 Å². The van der Waals surface area contributed by atoms with Crippen molar-refractivity contribution >= 4 is 21.6 Å². The zero-order valence-electron chi connectivity index (χ0n) is 12.2. The summed E-state index contributed by atoms with van der Waals surface area (Å²) in [5.74, 6) is 1.11. The van der Waals surface area contributed by atoms with Crippen LogP contribution in [0.15, 0.2) is 46.9 Å². The van der Waals surface area contributed by atoms with Crippen LogP contribution in [0.4, 0.5) is 10.1 Å². The van der Waals surface area contributed by atoms with Gasteiger partial charge in [0.15, 0.2) is 0 Å². The molecule has 2 aromatic rings. The van der Waals surface area contributed by atoms with Crippen LogP contribution >= 0.6 is 15.9 Å². The largest absolute Gasteiger partial charge is 0.493 e. The standard InChI is InChI=1S/C17H19BrFNO/c1-12(2)11-21-15-5-3-4-14(9-15)20-10-13-6-7-17(19)16(18)8-13/h3-9,12,20H,10-11H2,1-2H3. The minimum Gasteiger partial charge on any atom is -0.493 e. The molecule has 0 bridgehead atoms. The Morgan fingerprint density at radius 2 is 2.00 bits per heavy atom. The number of ether oxygens (including phenoxy) is 1. The number of benzene rings is 2. The molecular formula is C17H19BrFNO.